The molecule has 0 aliphatic carbocycles. The van der Waals surface area contributed by atoms with Gasteiger partial charge in [0.1, 0.15) is 6.04 Å². The van der Waals surface area contributed by atoms with E-state index in [0.29, 0.717) is 39.1 Å². The molecule has 2 aromatic rings. The molecule has 0 spiro atoms. The predicted molar refractivity (Wildman–Crippen MR) is 116 cm³/mol. The Labute approximate surface area is 191 Å². The molecule has 8 nitrogen and oxygen atoms in total. The molecule has 1 atom stereocenters. The number of pyridine rings is 1. The van der Waals surface area contributed by atoms with Gasteiger partial charge in [0.05, 0.1) is 18.5 Å². The molecule has 0 radical (unpaired) electrons. The molecular weight excluding hydrogens is 465 g/mol. The molecule has 1 unspecified atom stereocenters. The van der Waals surface area contributed by atoms with Crippen LogP contribution in [0.2, 0.25) is 10.0 Å². The van der Waals surface area contributed by atoms with E-state index in [1.165, 1.54) is 16.7 Å². The van der Waals surface area contributed by atoms with E-state index in [1.54, 1.807) is 30.3 Å². The molecule has 1 fully saturated rings. The van der Waals surface area contributed by atoms with Gasteiger partial charge >= 0.3 is 0 Å². The zero-order chi connectivity index (χ0) is 22.4. The Morgan fingerprint density at radius 3 is 2.48 bits per heavy atom. The Kier molecular flexibility index (Phi) is 8.26. The number of sulfonamides is 1. The summed E-state index contributed by atoms with van der Waals surface area (Å²) in [4.78, 5) is 15.0. The van der Waals surface area contributed by atoms with Crippen LogP contribution in [0.3, 0.4) is 0 Å². The summed E-state index contributed by atoms with van der Waals surface area (Å²) in [6.45, 7) is 0.795. The fourth-order valence-electron chi connectivity index (χ4n) is 3.43. The number of aromatic nitrogens is 1. The molecule has 168 valence electrons. The van der Waals surface area contributed by atoms with Crippen molar-refractivity contribution >= 4 is 39.6 Å². The van der Waals surface area contributed by atoms with Crippen LogP contribution >= 0.6 is 23.2 Å². The van der Waals surface area contributed by atoms with Gasteiger partial charge in [0.25, 0.3) is 0 Å². The lowest BCUT2D eigenvalue weighted by Crippen LogP contribution is -2.44. The van der Waals surface area contributed by atoms with Crippen molar-refractivity contribution in [3.8, 4) is 0 Å². The second-order valence-corrected chi connectivity index (χ2v) is 10.0. The van der Waals surface area contributed by atoms with Crippen molar-refractivity contribution in [2.75, 3.05) is 18.8 Å². The number of hydrogen-bond acceptors (Lipinski definition) is 6. The number of amides is 1. The lowest BCUT2D eigenvalue weighted by atomic mass is 10.1. The molecule has 2 heterocycles. The summed E-state index contributed by atoms with van der Waals surface area (Å²) in [5.41, 5.74) is 1.13. The molecule has 1 aliphatic heterocycles. The molecule has 11 heteroatoms. The Bertz CT molecular complexity index is 965. The van der Waals surface area contributed by atoms with Crippen LogP contribution in [0.5, 0.6) is 0 Å². The van der Waals surface area contributed by atoms with Crippen molar-refractivity contribution < 1.29 is 23.2 Å². The number of hydrogen-bond donors (Lipinski definition) is 1. The average molecular weight is 488 g/mol. The third kappa shape index (κ3) is 6.15. The first-order chi connectivity index (χ1) is 14.8. The summed E-state index contributed by atoms with van der Waals surface area (Å²) in [7, 11) is -3.74. The summed E-state index contributed by atoms with van der Waals surface area (Å²) >= 11 is 12.3. The summed E-state index contributed by atoms with van der Waals surface area (Å²) in [6.07, 6.45) is 4.03. The SMILES string of the molecule is O=CN(O)C(CS(=O)(=O)N1CCC(OCc2c(Cl)cccc2Cl)CC1)c1cccnc1. The van der Waals surface area contributed by atoms with Gasteiger partial charge < -0.3 is 4.74 Å². The number of piperidine rings is 1. The number of benzene rings is 1. The fourth-order valence-corrected chi connectivity index (χ4v) is 5.65. The van der Waals surface area contributed by atoms with E-state index in [4.69, 9.17) is 27.9 Å². The van der Waals surface area contributed by atoms with E-state index in [1.807, 2.05) is 0 Å². The molecule has 1 aliphatic rings. The standard InChI is InChI=1S/C20H23Cl2N3O5S/c21-18-4-1-5-19(22)17(18)12-30-16-6-9-24(10-7-16)31(28,29)13-20(25(27)14-26)15-3-2-8-23-11-15/h1-5,8,11,14,16,20,27H,6-7,9-10,12-13H2. The lowest BCUT2D eigenvalue weighted by Gasteiger charge is -2.33. The molecule has 1 amide bonds. The molecule has 0 bridgehead atoms. The highest BCUT2D eigenvalue weighted by molar-refractivity contribution is 7.89. The van der Waals surface area contributed by atoms with Crippen LogP contribution in [0.1, 0.15) is 30.0 Å². The van der Waals surface area contributed by atoms with Gasteiger partial charge in [-0.3, -0.25) is 15.0 Å². The maximum atomic E-state index is 12.9. The van der Waals surface area contributed by atoms with Crippen molar-refractivity contribution in [3.63, 3.8) is 0 Å². The molecular formula is C20H23Cl2N3O5S. The van der Waals surface area contributed by atoms with E-state index < -0.39 is 21.8 Å². The quantitative estimate of drug-likeness (QED) is 0.330. The van der Waals surface area contributed by atoms with Crippen LogP contribution in [-0.4, -0.2) is 59.3 Å². The first-order valence-electron chi connectivity index (χ1n) is 9.66. The number of hydroxylamine groups is 2. The summed E-state index contributed by atoms with van der Waals surface area (Å²) in [6, 6.07) is 7.41. The molecule has 31 heavy (non-hydrogen) atoms. The zero-order valence-corrected chi connectivity index (χ0v) is 18.9. The van der Waals surface area contributed by atoms with E-state index >= 15 is 0 Å². The number of rotatable bonds is 9. The topological polar surface area (TPSA) is 100 Å². The molecule has 1 N–H and O–H groups in total. The molecule has 0 saturated carbocycles. The van der Waals surface area contributed by atoms with E-state index in [9.17, 15) is 18.4 Å². The predicted octanol–water partition coefficient (Wildman–Crippen LogP) is 3.29. The van der Waals surface area contributed by atoms with Crippen molar-refractivity contribution in [2.45, 2.75) is 31.6 Å². The summed E-state index contributed by atoms with van der Waals surface area (Å²) < 4.78 is 33.1. The lowest BCUT2D eigenvalue weighted by molar-refractivity contribution is -0.159. The van der Waals surface area contributed by atoms with Crippen LogP contribution < -0.4 is 0 Å². The average Bonchev–Trinajstić information content (AvgIpc) is 2.77. The Balaban J connectivity index is 1.59. The second kappa shape index (κ2) is 10.7. The third-order valence-corrected chi connectivity index (χ3v) is 7.78. The van der Waals surface area contributed by atoms with Crippen molar-refractivity contribution in [1.82, 2.24) is 14.4 Å². The van der Waals surface area contributed by atoms with Gasteiger partial charge in [-0.05, 0) is 36.6 Å². The summed E-state index contributed by atoms with van der Waals surface area (Å²) in [5, 5.41) is 11.3. The minimum atomic E-state index is -3.74. The molecule has 1 aromatic heterocycles. The van der Waals surface area contributed by atoms with Crippen LogP contribution in [0.25, 0.3) is 0 Å². The van der Waals surface area contributed by atoms with Gasteiger partial charge in [0.15, 0.2) is 0 Å². The second-order valence-electron chi connectivity index (χ2n) is 7.18. The van der Waals surface area contributed by atoms with Crippen LogP contribution in [0, 0.1) is 0 Å². The number of carbonyl (C=O) groups is 1. The number of carbonyl (C=O) groups excluding carboxylic acids is 1. The van der Waals surface area contributed by atoms with Crippen LogP contribution in [0.15, 0.2) is 42.7 Å². The number of ether oxygens (including phenoxy) is 1. The normalized spacial score (nSPS) is 16.7. The van der Waals surface area contributed by atoms with Crippen LogP contribution in [-0.2, 0) is 26.2 Å². The third-order valence-electron chi connectivity index (χ3n) is 5.18. The molecule has 1 aromatic carbocycles. The highest BCUT2D eigenvalue weighted by atomic mass is 35.5. The Morgan fingerprint density at radius 2 is 1.90 bits per heavy atom. The minimum Gasteiger partial charge on any atom is -0.373 e. The minimum absolute atomic E-state index is 0.128. The van der Waals surface area contributed by atoms with Crippen molar-refractivity contribution in [3.05, 3.63) is 63.9 Å². The maximum absolute atomic E-state index is 12.9. The van der Waals surface area contributed by atoms with Gasteiger partial charge in [-0.25, -0.2) is 17.8 Å². The van der Waals surface area contributed by atoms with Gasteiger partial charge in [0, 0.05) is 41.1 Å². The van der Waals surface area contributed by atoms with Gasteiger partial charge in [-0.1, -0.05) is 35.3 Å². The first-order valence-corrected chi connectivity index (χ1v) is 12.0. The van der Waals surface area contributed by atoms with Gasteiger partial charge in [-0.15, -0.1) is 0 Å². The van der Waals surface area contributed by atoms with Gasteiger partial charge in [-0.2, -0.15) is 0 Å². The Morgan fingerprint density at radius 1 is 1.23 bits per heavy atom. The zero-order valence-electron chi connectivity index (χ0n) is 16.6. The monoisotopic (exact) mass is 487 g/mol. The highest BCUT2D eigenvalue weighted by Crippen LogP contribution is 2.28. The van der Waals surface area contributed by atoms with Crippen molar-refractivity contribution in [1.29, 1.82) is 0 Å². The highest BCUT2D eigenvalue weighted by Gasteiger charge is 2.33. The fraction of sp³-hybridized carbons (Fsp3) is 0.400. The first kappa shape index (κ1) is 23.9. The number of nitrogens with zero attached hydrogens (tertiary/aromatic N) is 3. The van der Waals surface area contributed by atoms with E-state index in [-0.39, 0.29) is 32.2 Å². The van der Waals surface area contributed by atoms with E-state index in [2.05, 4.69) is 4.98 Å². The summed E-state index contributed by atoms with van der Waals surface area (Å²) in [5.74, 6) is -0.450. The van der Waals surface area contributed by atoms with E-state index in [0.717, 1.165) is 0 Å². The van der Waals surface area contributed by atoms with Crippen molar-refractivity contribution in [2.24, 2.45) is 0 Å². The van der Waals surface area contributed by atoms with Crippen LogP contribution in [0.4, 0.5) is 0 Å². The maximum Gasteiger partial charge on any atom is 0.233 e. The van der Waals surface area contributed by atoms with Gasteiger partial charge in [0.2, 0.25) is 16.4 Å². The smallest absolute Gasteiger partial charge is 0.233 e. The molecule has 3 rings (SSSR count). The largest absolute Gasteiger partial charge is 0.373 e. The number of halogens is 2. The molecule has 1 saturated heterocycles. The Hall–Kier alpha value is -1.75.